The lowest BCUT2D eigenvalue weighted by Gasteiger charge is -2.35. The number of pyridine rings is 1. The van der Waals surface area contributed by atoms with Gasteiger partial charge in [0.05, 0.1) is 23.6 Å². The lowest BCUT2D eigenvalue weighted by atomic mass is 10.1. The summed E-state index contributed by atoms with van der Waals surface area (Å²) in [6.07, 6.45) is 2.87. The number of aromatic nitrogens is 4. The van der Waals surface area contributed by atoms with Crippen LogP contribution in [-0.4, -0.2) is 50.5 Å². The summed E-state index contributed by atoms with van der Waals surface area (Å²) in [4.78, 5) is 22.7. The molecule has 0 fully saturated rings. The summed E-state index contributed by atoms with van der Waals surface area (Å²) in [5, 5.41) is 17.4. The molecule has 0 saturated carbocycles. The third-order valence-electron chi connectivity index (χ3n) is 4.59. The molecule has 1 atom stereocenters. The minimum atomic E-state index is -0.280. The van der Waals surface area contributed by atoms with Crippen LogP contribution in [0.4, 0.5) is 5.82 Å². The van der Waals surface area contributed by atoms with Crippen LogP contribution < -0.4 is 4.90 Å². The Hall–Kier alpha value is -3.73. The molecule has 3 aromatic rings. The number of benzene rings is 1. The van der Waals surface area contributed by atoms with Gasteiger partial charge in [-0.3, -0.25) is 4.79 Å². The smallest absolute Gasteiger partial charge is 0.257 e. The van der Waals surface area contributed by atoms with E-state index >= 15 is 0 Å². The quantitative estimate of drug-likeness (QED) is 0.615. The van der Waals surface area contributed by atoms with E-state index in [4.69, 9.17) is 5.26 Å². The number of para-hydroxylation sites is 1. The summed E-state index contributed by atoms with van der Waals surface area (Å²) in [6.45, 7) is 4.36. The van der Waals surface area contributed by atoms with Gasteiger partial charge in [0.1, 0.15) is 23.7 Å². The van der Waals surface area contributed by atoms with Gasteiger partial charge in [-0.2, -0.15) is 20.3 Å². The Morgan fingerprint density at radius 2 is 1.89 bits per heavy atom. The highest BCUT2D eigenvalue weighted by molar-refractivity contribution is 5.98. The number of amides is 1. The minimum absolute atomic E-state index is 0.133. The lowest BCUT2D eigenvalue weighted by Crippen LogP contribution is -2.48. The number of hydrogen-bond donors (Lipinski definition) is 0. The van der Waals surface area contributed by atoms with Gasteiger partial charge in [0.15, 0.2) is 0 Å². The standard InChI is InChI=1S/C20H21N7O/c1-4-26(15(2)25(3)19-11-7-8-16(14-21)24-19)20(28)17-9-5-6-10-18(17)27-22-12-13-23-27/h5-13,15H,4H2,1-3H3. The molecule has 0 spiro atoms. The Morgan fingerprint density at radius 3 is 2.57 bits per heavy atom. The molecule has 0 saturated heterocycles. The van der Waals surface area contributed by atoms with Crippen molar-refractivity contribution in [1.29, 1.82) is 5.26 Å². The van der Waals surface area contributed by atoms with Crippen LogP contribution in [0.15, 0.2) is 54.9 Å². The predicted molar refractivity (Wildman–Crippen MR) is 105 cm³/mol. The Balaban J connectivity index is 1.91. The first-order valence-corrected chi connectivity index (χ1v) is 8.93. The molecule has 0 radical (unpaired) electrons. The summed E-state index contributed by atoms with van der Waals surface area (Å²) in [5.74, 6) is 0.492. The van der Waals surface area contributed by atoms with Crippen molar-refractivity contribution in [3.05, 3.63) is 66.1 Å². The van der Waals surface area contributed by atoms with Crippen LogP contribution in [-0.2, 0) is 0 Å². The minimum Gasteiger partial charge on any atom is -0.339 e. The van der Waals surface area contributed by atoms with E-state index in [0.29, 0.717) is 29.3 Å². The zero-order chi connectivity index (χ0) is 20.1. The highest BCUT2D eigenvalue weighted by Gasteiger charge is 2.26. The van der Waals surface area contributed by atoms with Crippen molar-refractivity contribution in [2.24, 2.45) is 0 Å². The number of hydrogen-bond acceptors (Lipinski definition) is 6. The van der Waals surface area contributed by atoms with Crippen LogP contribution in [0.25, 0.3) is 5.69 Å². The second-order valence-electron chi connectivity index (χ2n) is 6.16. The molecular formula is C20H21N7O. The van der Waals surface area contributed by atoms with E-state index in [1.165, 1.54) is 4.80 Å². The molecule has 1 aromatic carbocycles. The first kappa shape index (κ1) is 19.0. The van der Waals surface area contributed by atoms with E-state index in [9.17, 15) is 4.79 Å². The molecule has 1 unspecified atom stereocenters. The molecule has 0 aliphatic heterocycles. The largest absolute Gasteiger partial charge is 0.339 e. The highest BCUT2D eigenvalue weighted by Crippen LogP contribution is 2.20. The second kappa shape index (κ2) is 8.31. The van der Waals surface area contributed by atoms with Gasteiger partial charge in [-0.05, 0) is 38.1 Å². The molecule has 8 nitrogen and oxygen atoms in total. The third-order valence-corrected chi connectivity index (χ3v) is 4.59. The lowest BCUT2D eigenvalue weighted by molar-refractivity contribution is 0.0702. The van der Waals surface area contributed by atoms with Gasteiger partial charge >= 0.3 is 0 Å². The number of carbonyl (C=O) groups is 1. The first-order valence-electron chi connectivity index (χ1n) is 8.93. The number of nitriles is 1. The molecule has 142 valence electrons. The molecule has 3 rings (SSSR count). The normalized spacial score (nSPS) is 11.5. The van der Waals surface area contributed by atoms with Gasteiger partial charge in [-0.1, -0.05) is 18.2 Å². The maximum absolute atomic E-state index is 13.3. The first-order chi connectivity index (χ1) is 13.6. The van der Waals surface area contributed by atoms with Gasteiger partial charge in [-0.25, -0.2) is 4.98 Å². The molecule has 8 heteroatoms. The fourth-order valence-corrected chi connectivity index (χ4v) is 2.98. The summed E-state index contributed by atoms with van der Waals surface area (Å²) in [6, 6.07) is 14.5. The van der Waals surface area contributed by atoms with Crippen LogP contribution in [0, 0.1) is 11.3 Å². The van der Waals surface area contributed by atoms with E-state index in [0.717, 1.165) is 0 Å². The molecule has 0 N–H and O–H groups in total. The maximum atomic E-state index is 13.3. The van der Waals surface area contributed by atoms with Gasteiger partial charge in [-0.15, -0.1) is 0 Å². The van der Waals surface area contributed by atoms with Crippen molar-refractivity contribution in [2.45, 2.75) is 20.0 Å². The van der Waals surface area contributed by atoms with Crippen LogP contribution in [0.3, 0.4) is 0 Å². The summed E-state index contributed by atoms with van der Waals surface area (Å²) in [5.41, 5.74) is 1.47. The third kappa shape index (κ3) is 3.69. The Labute approximate surface area is 163 Å². The number of rotatable bonds is 6. The zero-order valence-electron chi connectivity index (χ0n) is 16.0. The molecule has 0 aliphatic carbocycles. The highest BCUT2D eigenvalue weighted by atomic mass is 16.2. The topological polar surface area (TPSA) is 90.9 Å². The SMILES string of the molecule is CCN(C(=O)c1ccccc1-n1nccn1)C(C)N(C)c1cccc(C#N)n1. The molecule has 0 aliphatic rings. The molecule has 2 heterocycles. The Bertz CT molecular complexity index is 994. The van der Waals surface area contributed by atoms with Crippen LogP contribution >= 0.6 is 0 Å². The molecule has 1 amide bonds. The average Bonchev–Trinajstić information content (AvgIpc) is 3.28. The van der Waals surface area contributed by atoms with E-state index < -0.39 is 0 Å². The number of nitrogens with zero attached hydrogens (tertiary/aromatic N) is 7. The fraction of sp³-hybridized carbons (Fsp3) is 0.250. The summed E-state index contributed by atoms with van der Waals surface area (Å²) >= 11 is 0. The predicted octanol–water partition coefficient (Wildman–Crippen LogP) is 2.48. The number of carbonyl (C=O) groups excluding carboxylic acids is 1. The van der Waals surface area contributed by atoms with Crippen molar-refractivity contribution < 1.29 is 4.79 Å². The number of anilines is 1. The van der Waals surface area contributed by atoms with Crippen molar-refractivity contribution in [3.63, 3.8) is 0 Å². The van der Waals surface area contributed by atoms with E-state index in [1.807, 2.05) is 56.1 Å². The average molecular weight is 375 g/mol. The zero-order valence-corrected chi connectivity index (χ0v) is 16.0. The second-order valence-corrected chi connectivity index (χ2v) is 6.16. The van der Waals surface area contributed by atoms with Crippen molar-refractivity contribution in [1.82, 2.24) is 24.9 Å². The van der Waals surface area contributed by atoms with Gasteiger partial charge in [0.2, 0.25) is 0 Å². The summed E-state index contributed by atoms with van der Waals surface area (Å²) in [7, 11) is 1.85. The van der Waals surface area contributed by atoms with Gasteiger partial charge < -0.3 is 9.80 Å². The van der Waals surface area contributed by atoms with Crippen molar-refractivity contribution in [3.8, 4) is 11.8 Å². The van der Waals surface area contributed by atoms with Gasteiger partial charge in [0.25, 0.3) is 5.91 Å². The van der Waals surface area contributed by atoms with Crippen molar-refractivity contribution >= 4 is 11.7 Å². The van der Waals surface area contributed by atoms with E-state index in [1.54, 1.807) is 35.5 Å². The fourth-order valence-electron chi connectivity index (χ4n) is 2.98. The van der Waals surface area contributed by atoms with Crippen LogP contribution in [0.5, 0.6) is 0 Å². The molecule has 2 aromatic heterocycles. The van der Waals surface area contributed by atoms with Gasteiger partial charge in [0, 0.05) is 13.6 Å². The Kier molecular flexibility index (Phi) is 5.65. The van der Waals surface area contributed by atoms with E-state index in [2.05, 4.69) is 15.2 Å². The van der Waals surface area contributed by atoms with E-state index in [-0.39, 0.29) is 12.1 Å². The Morgan fingerprint density at radius 1 is 1.18 bits per heavy atom. The monoisotopic (exact) mass is 375 g/mol. The molecule has 0 bridgehead atoms. The molecular weight excluding hydrogens is 354 g/mol. The van der Waals surface area contributed by atoms with Crippen LogP contribution in [0.1, 0.15) is 29.9 Å². The summed E-state index contributed by atoms with van der Waals surface area (Å²) < 4.78 is 0. The van der Waals surface area contributed by atoms with Crippen molar-refractivity contribution in [2.75, 3.05) is 18.5 Å². The molecule has 28 heavy (non-hydrogen) atoms. The van der Waals surface area contributed by atoms with Crippen LogP contribution in [0.2, 0.25) is 0 Å². The maximum Gasteiger partial charge on any atom is 0.257 e.